The highest BCUT2D eigenvalue weighted by atomic mass is 32.2. The molecule has 0 fully saturated rings. The van der Waals surface area contributed by atoms with E-state index in [0.717, 1.165) is 11.1 Å². The van der Waals surface area contributed by atoms with Gasteiger partial charge in [0.2, 0.25) is 9.84 Å². The van der Waals surface area contributed by atoms with Gasteiger partial charge in [-0.05, 0) is 41.5 Å². The zero-order valence-electron chi connectivity index (χ0n) is 11.8. The molecule has 0 aliphatic heterocycles. The fourth-order valence-corrected chi connectivity index (χ4v) is 3.67. The first-order valence-corrected chi connectivity index (χ1v) is 8.32. The Bertz CT molecular complexity index is 889. The molecule has 0 bridgehead atoms. The molecule has 3 aromatic rings. The van der Waals surface area contributed by atoms with Crippen molar-refractivity contribution in [3.05, 3.63) is 78.9 Å². The van der Waals surface area contributed by atoms with Crippen molar-refractivity contribution in [2.45, 2.75) is 9.79 Å². The first-order chi connectivity index (χ1) is 10.6. The summed E-state index contributed by atoms with van der Waals surface area (Å²) in [7, 11) is -3.57. The second kappa shape index (κ2) is 5.66. The van der Waals surface area contributed by atoms with Crippen LogP contribution in [0.3, 0.4) is 0 Å². The van der Waals surface area contributed by atoms with E-state index in [1.165, 1.54) is 6.07 Å². The molecular formula is C18H15NO2S. The second-order valence-corrected chi connectivity index (χ2v) is 6.92. The second-order valence-electron chi connectivity index (χ2n) is 4.97. The fraction of sp³-hybridized carbons (Fsp3) is 0. The maximum absolute atomic E-state index is 12.7. The molecule has 2 N–H and O–H groups in total. The molecule has 3 aromatic carbocycles. The predicted molar refractivity (Wildman–Crippen MR) is 88.2 cm³/mol. The van der Waals surface area contributed by atoms with E-state index in [0.29, 0.717) is 5.69 Å². The third kappa shape index (κ3) is 2.73. The van der Waals surface area contributed by atoms with Crippen LogP contribution in [0, 0.1) is 0 Å². The quantitative estimate of drug-likeness (QED) is 0.749. The normalized spacial score (nSPS) is 11.3. The van der Waals surface area contributed by atoms with Crippen molar-refractivity contribution in [1.82, 2.24) is 0 Å². The van der Waals surface area contributed by atoms with Crippen molar-refractivity contribution < 1.29 is 8.42 Å². The predicted octanol–water partition coefficient (Wildman–Crippen LogP) is 3.77. The maximum atomic E-state index is 12.7. The van der Waals surface area contributed by atoms with Crippen molar-refractivity contribution >= 4 is 15.5 Å². The lowest BCUT2D eigenvalue weighted by Gasteiger charge is -2.09. The standard InChI is InChI=1S/C18H15NO2S/c19-16-11-15(14-7-3-1-4-8-14)12-18(13-16)22(20,21)17-9-5-2-6-10-17/h1-13H,19H2. The minimum absolute atomic E-state index is 0.206. The maximum Gasteiger partial charge on any atom is 0.206 e. The first kappa shape index (κ1) is 14.4. The van der Waals surface area contributed by atoms with Gasteiger partial charge in [0, 0.05) is 5.69 Å². The topological polar surface area (TPSA) is 60.2 Å². The molecule has 0 radical (unpaired) electrons. The van der Waals surface area contributed by atoms with Crippen molar-refractivity contribution in [2.24, 2.45) is 0 Å². The molecule has 0 atom stereocenters. The molecule has 110 valence electrons. The van der Waals surface area contributed by atoms with Crippen LogP contribution in [0.2, 0.25) is 0 Å². The van der Waals surface area contributed by atoms with Gasteiger partial charge in [-0.25, -0.2) is 8.42 Å². The van der Waals surface area contributed by atoms with E-state index in [4.69, 9.17) is 5.73 Å². The molecule has 3 nitrogen and oxygen atoms in total. The van der Waals surface area contributed by atoms with Crippen molar-refractivity contribution in [3.63, 3.8) is 0 Å². The fourth-order valence-electron chi connectivity index (χ4n) is 2.31. The highest BCUT2D eigenvalue weighted by Crippen LogP contribution is 2.28. The van der Waals surface area contributed by atoms with Crippen LogP contribution < -0.4 is 5.73 Å². The van der Waals surface area contributed by atoms with E-state index in [-0.39, 0.29) is 9.79 Å². The number of rotatable bonds is 3. The minimum Gasteiger partial charge on any atom is -0.399 e. The lowest BCUT2D eigenvalue weighted by Crippen LogP contribution is -2.03. The summed E-state index contributed by atoms with van der Waals surface area (Å²) in [5, 5.41) is 0. The summed E-state index contributed by atoms with van der Waals surface area (Å²) in [4.78, 5) is 0.470. The zero-order valence-corrected chi connectivity index (χ0v) is 12.6. The average molecular weight is 309 g/mol. The van der Waals surface area contributed by atoms with Crippen molar-refractivity contribution in [2.75, 3.05) is 5.73 Å². The molecule has 22 heavy (non-hydrogen) atoms. The molecule has 3 rings (SSSR count). The molecule has 0 aliphatic carbocycles. The van der Waals surface area contributed by atoms with Crippen molar-refractivity contribution in [1.29, 1.82) is 0 Å². The van der Waals surface area contributed by atoms with Gasteiger partial charge in [0.05, 0.1) is 9.79 Å². The zero-order chi connectivity index (χ0) is 15.6. The number of sulfone groups is 1. The monoisotopic (exact) mass is 309 g/mol. The number of hydrogen-bond donors (Lipinski definition) is 1. The Morgan fingerprint density at radius 1 is 0.636 bits per heavy atom. The van der Waals surface area contributed by atoms with Crippen LogP contribution >= 0.6 is 0 Å². The summed E-state index contributed by atoms with van der Waals surface area (Å²) < 4.78 is 25.4. The molecule has 0 spiro atoms. The van der Waals surface area contributed by atoms with Gasteiger partial charge in [-0.2, -0.15) is 0 Å². The number of benzene rings is 3. The van der Waals surface area contributed by atoms with Crippen LogP contribution in [-0.4, -0.2) is 8.42 Å². The molecule has 0 aromatic heterocycles. The molecule has 0 saturated carbocycles. The molecule has 0 unspecified atom stereocenters. The highest BCUT2D eigenvalue weighted by molar-refractivity contribution is 7.91. The first-order valence-electron chi connectivity index (χ1n) is 6.83. The smallest absolute Gasteiger partial charge is 0.206 e. The Kier molecular flexibility index (Phi) is 3.69. The molecule has 0 saturated heterocycles. The van der Waals surface area contributed by atoms with Gasteiger partial charge in [0.25, 0.3) is 0 Å². The Hall–Kier alpha value is -2.59. The largest absolute Gasteiger partial charge is 0.399 e. The molecule has 4 heteroatoms. The molecule has 0 amide bonds. The van der Waals surface area contributed by atoms with Gasteiger partial charge in [-0.1, -0.05) is 48.5 Å². The summed E-state index contributed by atoms with van der Waals surface area (Å²) in [6, 6.07) is 22.9. The van der Waals surface area contributed by atoms with Crippen LogP contribution in [-0.2, 0) is 9.84 Å². The van der Waals surface area contributed by atoms with E-state index < -0.39 is 9.84 Å². The summed E-state index contributed by atoms with van der Waals surface area (Å²) in [5.41, 5.74) is 8.05. The summed E-state index contributed by atoms with van der Waals surface area (Å²) >= 11 is 0. The Morgan fingerprint density at radius 3 is 1.86 bits per heavy atom. The van der Waals surface area contributed by atoms with E-state index in [1.54, 1.807) is 42.5 Å². The summed E-state index contributed by atoms with van der Waals surface area (Å²) in [6.07, 6.45) is 0. The van der Waals surface area contributed by atoms with E-state index in [1.807, 2.05) is 30.3 Å². The van der Waals surface area contributed by atoms with E-state index in [9.17, 15) is 8.42 Å². The molecule has 0 aliphatic rings. The van der Waals surface area contributed by atoms with Gasteiger partial charge in [0.15, 0.2) is 0 Å². The van der Waals surface area contributed by atoms with Gasteiger partial charge in [-0.3, -0.25) is 0 Å². The lowest BCUT2D eigenvalue weighted by atomic mass is 10.1. The van der Waals surface area contributed by atoms with Crippen LogP contribution in [0.5, 0.6) is 0 Å². The lowest BCUT2D eigenvalue weighted by molar-refractivity contribution is 0.596. The van der Waals surface area contributed by atoms with E-state index >= 15 is 0 Å². The van der Waals surface area contributed by atoms with Crippen LogP contribution in [0.25, 0.3) is 11.1 Å². The summed E-state index contributed by atoms with van der Waals surface area (Å²) in [6.45, 7) is 0. The minimum atomic E-state index is -3.57. The van der Waals surface area contributed by atoms with Crippen molar-refractivity contribution in [3.8, 4) is 11.1 Å². The SMILES string of the molecule is Nc1cc(-c2ccccc2)cc(S(=O)(=O)c2ccccc2)c1. The number of nitrogens with two attached hydrogens (primary N) is 1. The number of anilines is 1. The summed E-state index contributed by atoms with van der Waals surface area (Å²) in [5.74, 6) is 0. The van der Waals surface area contributed by atoms with Crippen LogP contribution in [0.4, 0.5) is 5.69 Å². The van der Waals surface area contributed by atoms with Gasteiger partial charge in [0.1, 0.15) is 0 Å². The average Bonchev–Trinajstić information content (AvgIpc) is 2.56. The van der Waals surface area contributed by atoms with E-state index in [2.05, 4.69) is 0 Å². The van der Waals surface area contributed by atoms with Crippen LogP contribution in [0.1, 0.15) is 0 Å². The third-order valence-corrected chi connectivity index (χ3v) is 5.15. The number of nitrogen functional groups attached to an aromatic ring is 1. The molecular weight excluding hydrogens is 294 g/mol. The molecule has 0 heterocycles. The number of hydrogen-bond acceptors (Lipinski definition) is 3. The van der Waals surface area contributed by atoms with Gasteiger partial charge >= 0.3 is 0 Å². The van der Waals surface area contributed by atoms with Gasteiger partial charge < -0.3 is 5.73 Å². The highest BCUT2D eigenvalue weighted by Gasteiger charge is 2.18. The Balaban J connectivity index is 2.15. The van der Waals surface area contributed by atoms with Crippen LogP contribution in [0.15, 0.2) is 88.7 Å². The Morgan fingerprint density at radius 2 is 1.23 bits per heavy atom. The Labute approximate surface area is 130 Å². The third-order valence-electron chi connectivity index (χ3n) is 3.40. The van der Waals surface area contributed by atoms with Gasteiger partial charge in [-0.15, -0.1) is 0 Å².